The minimum Gasteiger partial charge on any atom is -0.479 e. The lowest BCUT2D eigenvalue weighted by atomic mass is 10.1. The Kier molecular flexibility index (Phi) is 2.25. The maximum Gasteiger partial charge on any atom is 0.337 e. The minimum absolute atomic E-state index is 0.0752. The van der Waals surface area contributed by atoms with Crippen molar-refractivity contribution in [1.82, 2.24) is 4.98 Å². The number of pyridine rings is 1. The highest BCUT2D eigenvalue weighted by molar-refractivity contribution is 5.73. The van der Waals surface area contributed by atoms with Crippen molar-refractivity contribution in [2.24, 2.45) is 0 Å². The van der Waals surface area contributed by atoms with E-state index in [1.807, 2.05) is 0 Å². The molecule has 1 atom stereocenters. The summed E-state index contributed by atoms with van der Waals surface area (Å²) in [6.07, 6.45) is -0.351. The van der Waals surface area contributed by atoms with Crippen LogP contribution in [0.4, 0.5) is 0 Å². The Balaban J connectivity index is 3.03. The molecule has 0 aliphatic carbocycles. The normalized spacial score (nSPS) is 12.4. The van der Waals surface area contributed by atoms with Crippen molar-refractivity contribution in [2.45, 2.75) is 6.10 Å². The highest BCUT2D eigenvalue weighted by Gasteiger charge is 2.15. The van der Waals surface area contributed by atoms with Crippen LogP contribution in [0.5, 0.6) is 0 Å². The molecule has 1 heterocycles. The van der Waals surface area contributed by atoms with Gasteiger partial charge in [-0.2, -0.15) is 0 Å². The molecule has 3 N–H and O–H groups in total. The van der Waals surface area contributed by atoms with Crippen molar-refractivity contribution in [1.29, 1.82) is 0 Å². The molecule has 12 heavy (non-hydrogen) atoms. The molecule has 0 aliphatic heterocycles. The second-order valence-corrected chi connectivity index (χ2v) is 2.23. The molecule has 0 aromatic carbocycles. The Morgan fingerprint density at radius 2 is 2.25 bits per heavy atom. The Morgan fingerprint density at radius 3 is 2.75 bits per heavy atom. The SMILES string of the molecule is O=C(O)[C@@H](O)c1cc[nH]c(=O)c1. The lowest BCUT2D eigenvalue weighted by molar-refractivity contribution is -0.146. The molecule has 1 rings (SSSR count). The van der Waals surface area contributed by atoms with Crippen LogP contribution in [0.25, 0.3) is 0 Å². The second kappa shape index (κ2) is 3.19. The maximum absolute atomic E-state index is 10.7. The van der Waals surface area contributed by atoms with Gasteiger partial charge in [-0.1, -0.05) is 0 Å². The molecule has 5 heteroatoms. The maximum atomic E-state index is 10.7. The second-order valence-electron chi connectivity index (χ2n) is 2.23. The number of carboxylic acid groups (broad SMARTS) is 1. The molecule has 5 nitrogen and oxygen atoms in total. The molecule has 0 radical (unpaired) electrons. The molecule has 64 valence electrons. The molecule has 1 aromatic heterocycles. The molecule has 0 spiro atoms. The van der Waals surface area contributed by atoms with Gasteiger partial charge in [-0.3, -0.25) is 4.79 Å². The van der Waals surface area contributed by atoms with E-state index in [4.69, 9.17) is 10.2 Å². The largest absolute Gasteiger partial charge is 0.479 e. The first kappa shape index (κ1) is 8.48. The van der Waals surface area contributed by atoms with Gasteiger partial charge in [0.25, 0.3) is 0 Å². The molecule has 0 saturated heterocycles. The van der Waals surface area contributed by atoms with E-state index in [-0.39, 0.29) is 5.56 Å². The highest BCUT2D eigenvalue weighted by Crippen LogP contribution is 2.08. The predicted octanol–water partition coefficient (Wildman–Crippen LogP) is -0.507. The Bertz CT molecular complexity index is 343. The van der Waals surface area contributed by atoms with Crippen LogP contribution < -0.4 is 5.56 Å². The molecular weight excluding hydrogens is 162 g/mol. The van der Waals surface area contributed by atoms with E-state index >= 15 is 0 Å². The minimum atomic E-state index is -1.63. The average Bonchev–Trinajstić information content (AvgIpc) is 2.03. The summed E-state index contributed by atoms with van der Waals surface area (Å²) in [5, 5.41) is 17.3. The van der Waals surface area contributed by atoms with Crippen LogP contribution in [-0.2, 0) is 4.79 Å². The van der Waals surface area contributed by atoms with Gasteiger partial charge in [0.1, 0.15) is 0 Å². The average molecular weight is 169 g/mol. The van der Waals surface area contributed by atoms with Crippen LogP contribution in [0.1, 0.15) is 11.7 Å². The van der Waals surface area contributed by atoms with Crippen molar-refractivity contribution < 1.29 is 15.0 Å². The third-order valence-corrected chi connectivity index (χ3v) is 1.35. The lowest BCUT2D eigenvalue weighted by Crippen LogP contribution is -2.14. The van der Waals surface area contributed by atoms with Gasteiger partial charge in [0.15, 0.2) is 6.10 Å². The molecular formula is C7H7NO4. The number of carbonyl (C=O) groups is 1. The summed E-state index contributed by atoms with van der Waals surface area (Å²) in [6.45, 7) is 0. The number of hydrogen-bond acceptors (Lipinski definition) is 3. The molecule has 0 amide bonds. The van der Waals surface area contributed by atoms with Crippen molar-refractivity contribution in [3.63, 3.8) is 0 Å². The summed E-state index contributed by atoms with van der Waals surface area (Å²) in [5.41, 5.74) is -0.362. The molecule has 0 saturated carbocycles. The Morgan fingerprint density at radius 1 is 1.58 bits per heavy atom. The first-order chi connectivity index (χ1) is 5.61. The van der Waals surface area contributed by atoms with E-state index in [1.54, 1.807) is 0 Å². The van der Waals surface area contributed by atoms with Crippen molar-refractivity contribution in [2.75, 3.05) is 0 Å². The van der Waals surface area contributed by atoms with Crippen LogP contribution in [-0.4, -0.2) is 21.2 Å². The Labute approximate surface area is 67.3 Å². The zero-order chi connectivity index (χ0) is 9.14. The molecule has 0 aliphatic rings. The van der Waals surface area contributed by atoms with E-state index < -0.39 is 17.6 Å². The Hall–Kier alpha value is -1.62. The van der Waals surface area contributed by atoms with Crippen LogP contribution in [0.3, 0.4) is 0 Å². The van der Waals surface area contributed by atoms with Crippen LogP contribution in [0.2, 0.25) is 0 Å². The van der Waals surface area contributed by atoms with Gasteiger partial charge in [-0.25, -0.2) is 4.79 Å². The highest BCUT2D eigenvalue weighted by atomic mass is 16.4. The zero-order valence-electron chi connectivity index (χ0n) is 6.02. The van der Waals surface area contributed by atoms with Crippen LogP contribution in [0, 0.1) is 0 Å². The van der Waals surface area contributed by atoms with Crippen LogP contribution in [0.15, 0.2) is 23.1 Å². The van der Waals surface area contributed by atoms with E-state index in [0.29, 0.717) is 0 Å². The fourth-order valence-corrected chi connectivity index (χ4v) is 0.774. The van der Waals surface area contributed by atoms with E-state index in [9.17, 15) is 9.59 Å². The number of aliphatic hydroxyl groups is 1. The topological polar surface area (TPSA) is 90.4 Å². The molecule has 0 fully saturated rings. The first-order valence-electron chi connectivity index (χ1n) is 3.21. The van der Waals surface area contributed by atoms with Crippen molar-refractivity contribution in [3.05, 3.63) is 34.2 Å². The number of carboxylic acids is 1. The van der Waals surface area contributed by atoms with Crippen LogP contribution >= 0.6 is 0 Å². The summed E-state index contributed by atoms with van der Waals surface area (Å²) in [5.74, 6) is -1.37. The summed E-state index contributed by atoms with van der Waals surface area (Å²) in [6, 6.07) is 2.37. The fraction of sp³-hybridized carbons (Fsp3) is 0.143. The number of aliphatic carboxylic acids is 1. The van der Waals surface area contributed by atoms with Gasteiger partial charge < -0.3 is 15.2 Å². The van der Waals surface area contributed by atoms with Gasteiger partial charge in [-0.05, 0) is 11.6 Å². The predicted molar refractivity (Wildman–Crippen MR) is 39.7 cm³/mol. The molecule has 0 unspecified atom stereocenters. The summed E-state index contributed by atoms with van der Waals surface area (Å²) in [4.78, 5) is 23.2. The van der Waals surface area contributed by atoms with Gasteiger partial charge in [-0.15, -0.1) is 0 Å². The number of H-pyrrole nitrogens is 1. The number of aromatic amines is 1. The van der Waals surface area contributed by atoms with Crippen molar-refractivity contribution >= 4 is 5.97 Å². The van der Waals surface area contributed by atoms with Gasteiger partial charge in [0.2, 0.25) is 5.56 Å². The number of aromatic nitrogens is 1. The monoisotopic (exact) mass is 169 g/mol. The first-order valence-corrected chi connectivity index (χ1v) is 3.21. The molecule has 1 aromatic rings. The third-order valence-electron chi connectivity index (χ3n) is 1.35. The third kappa shape index (κ3) is 1.70. The summed E-state index contributed by atoms with van der Waals surface area (Å²) >= 11 is 0. The van der Waals surface area contributed by atoms with Gasteiger partial charge in [0, 0.05) is 12.3 Å². The smallest absolute Gasteiger partial charge is 0.337 e. The van der Waals surface area contributed by atoms with E-state index in [2.05, 4.69) is 4.98 Å². The number of nitrogens with one attached hydrogen (secondary N) is 1. The zero-order valence-corrected chi connectivity index (χ0v) is 6.02. The number of aliphatic hydroxyl groups excluding tert-OH is 1. The van der Waals surface area contributed by atoms with Gasteiger partial charge in [0.05, 0.1) is 0 Å². The summed E-state index contributed by atoms with van der Waals surface area (Å²) < 4.78 is 0. The lowest BCUT2D eigenvalue weighted by Gasteiger charge is -2.02. The van der Waals surface area contributed by atoms with Crippen molar-refractivity contribution in [3.8, 4) is 0 Å². The quantitative estimate of drug-likeness (QED) is 0.556. The fourth-order valence-electron chi connectivity index (χ4n) is 0.774. The van der Waals surface area contributed by atoms with Gasteiger partial charge >= 0.3 is 5.97 Å². The summed E-state index contributed by atoms with van der Waals surface area (Å²) in [7, 11) is 0. The van der Waals surface area contributed by atoms with E-state index in [0.717, 1.165) is 6.07 Å². The number of hydrogen-bond donors (Lipinski definition) is 3. The standard InChI is InChI=1S/C7H7NO4/c9-5-3-4(1-2-8-5)6(10)7(11)12/h1-3,6,10H,(H,8,9)(H,11,12)/t6-/m0/s1. The molecule has 0 bridgehead atoms. The number of rotatable bonds is 2. The van der Waals surface area contributed by atoms with E-state index in [1.165, 1.54) is 12.3 Å².